The predicted molar refractivity (Wildman–Crippen MR) is 74.1 cm³/mol. The Morgan fingerprint density at radius 1 is 1.38 bits per heavy atom. The average molecular weight is 296 g/mol. The summed E-state index contributed by atoms with van der Waals surface area (Å²) in [6.07, 6.45) is -2.70. The maximum Gasteiger partial charge on any atom is 0.434 e. The Balaban J connectivity index is 2.03. The minimum Gasteiger partial charge on any atom is -0.399 e. The van der Waals surface area contributed by atoms with Gasteiger partial charge in [-0.2, -0.15) is 13.2 Å². The lowest BCUT2D eigenvalue weighted by atomic mass is 10.00. The molecule has 1 atom stereocenters. The van der Waals surface area contributed by atoms with Crippen molar-refractivity contribution in [1.29, 1.82) is 0 Å². The van der Waals surface area contributed by atoms with Crippen molar-refractivity contribution in [1.82, 2.24) is 9.55 Å². The molecule has 0 fully saturated rings. The molecule has 0 bridgehead atoms. The minimum absolute atomic E-state index is 0.187. The van der Waals surface area contributed by atoms with Gasteiger partial charge in [-0.1, -0.05) is 12.1 Å². The number of anilines is 2. The van der Waals surface area contributed by atoms with Crippen LogP contribution in [0.4, 0.5) is 24.8 Å². The molecule has 0 saturated heterocycles. The second-order valence-corrected chi connectivity index (χ2v) is 5.20. The summed E-state index contributed by atoms with van der Waals surface area (Å²) in [7, 11) is 0. The molecule has 0 saturated carbocycles. The first kappa shape index (κ1) is 13.8. The number of hydrogen-bond donors (Lipinski definition) is 2. The van der Waals surface area contributed by atoms with Crippen molar-refractivity contribution in [3.8, 4) is 0 Å². The monoisotopic (exact) mass is 296 g/mol. The van der Waals surface area contributed by atoms with Gasteiger partial charge in [0.1, 0.15) is 0 Å². The van der Waals surface area contributed by atoms with E-state index in [0.717, 1.165) is 17.3 Å². The number of benzene rings is 1. The summed E-state index contributed by atoms with van der Waals surface area (Å²) in [5, 5.41) is 2.90. The van der Waals surface area contributed by atoms with Crippen LogP contribution in [0, 0.1) is 6.92 Å². The second kappa shape index (κ2) is 4.68. The third kappa shape index (κ3) is 2.43. The van der Waals surface area contributed by atoms with Crippen LogP contribution in [0.2, 0.25) is 0 Å². The lowest BCUT2D eigenvalue weighted by molar-refractivity contribution is -0.140. The van der Waals surface area contributed by atoms with Crippen LogP contribution in [0.25, 0.3) is 0 Å². The van der Waals surface area contributed by atoms with Crippen LogP contribution < -0.4 is 11.1 Å². The van der Waals surface area contributed by atoms with Crippen molar-refractivity contribution in [3.63, 3.8) is 0 Å². The zero-order chi connectivity index (χ0) is 15.2. The van der Waals surface area contributed by atoms with Gasteiger partial charge in [-0.3, -0.25) is 0 Å². The van der Waals surface area contributed by atoms with Gasteiger partial charge in [0.2, 0.25) is 5.95 Å². The summed E-state index contributed by atoms with van der Waals surface area (Å²) in [4.78, 5) is 3.63. The Morgan fingerprint density at radius 2 is 2.14 bits per heavy atom. The van der Waals surface area contributed by atoms with Crippen molar-refractivity contribution in [3.05, 3.63) is 41.2 Å². The number of nitrogen functional groups attached to an aromatic ring is 1. The molecule has 1 aliphatic heterocycles. The largest absolute Gasteiger partial charge is 0.434 e. The number of nitrogens with one attached hydrogen (secondary N) is 1. The van der Waals surface area contributed by atoms with Crippen LogP contribution in [0.5, 0.6) is 0 Å². The third-order valence-corrected chi connectivity index (χ3v) is 3.75. The predicted octanol–water partition coefficient (Wildman–Crippen LogP) is 3.20. The van der Waals surface area contributed by atoms with Crippen molar-refractivity contribution < 1.29 is 13.2 Å². The van der Waals surface area contributed by atoms with Crippen LogP contribution in [-0.2, 0) is 6.18 Å². The van der Waals surface area contributed by atoms with E-state index in [2.05, 4.69) is 10.3 Å². The van der Waals surface area contributed by atoms with Crippen molar-refractivity contribution in [2.24, 2.45) is 0 Å². The fourth-order valence-electron chi connectivity index (χ4n) is 2.55. The van der Waals surface area contributed by atoms with Crippen LogP contribution >= 0.6 is 0 Å². The molecule has 0 aliphatic carbocycles. The summed E-state index contributed by atoms with van der Waals surface area (Å²) >= 11 is 0. The summed E-state index contributed by atoms with van der Waals surface area (Å²) in [6.45, 7) is 2.47. The molecule has 1 aromatic heterocycles. The van der Waals surface area contributed by atoms with E-state index in [0.29, 0.717) is 18.7 Å². The number of aromatic nitrogens is 2. The molecule has 2 heterocycles. The molecule has 3 N–H and O–H groups in total. The van der Waals surface area contributed by atoms with E-state index < -0.39 is 11.9 Å². The molecule has 4 nitrogen and oxygen atoms in total. The Labute approximate surface area is 119 Å². The lowest BCUT2D eigenvalue weighted by Crippen LogP contribution is -2.23. The van der Waals surface area contributed by atoms with Gasteiger partial charge in [0, 0.05) is 18.4 Å². The highest BCUT2D eigenvalue weighted by atomic mass is 19.4. The van der Waals surface area contributed by atoms with Crippen molar-refractivity contribution in [2.45, 2.75) is 25.6 Å². The number of nitrogens with two attached hydrogens (primary N) is 1. The highest BCUT2D eigenvalue weighted by Crippen LogP contribution is 2.35. The summed E-state index contributed by atoms with van der Waals surface area (Å²) in [6, 6.07) is 5.42. The number of fused-ring (bicyclic) bond motifs is 1. The molecule has 21 heavy (non-hydrogen) atoms. The molecule has 0 amide bonds. The lowest BCUT2D eigenvalue weighted by Gasteiger charge is -2.26. The van der Waals surface area contributed by atoms with E-state index in [1.165, 1.54) is 4.57 Å². The summed E-state index contributed by atoms with van der Waals surface area (Å²) in [5.41, 5.74) is 7.51. The van der Waals surface area contributed by atoms with E-state index in [4.69, 9.17) is 5.73 Å². The molecular formula is C14H15F3N4. The quantitative estimate of drug-likeness (QED) is 0.795. The molecule has 0 spiro atoms. The van der Waals surface area contributed by atoms with Crippen LogP contribution in [0.1, 0.15) is 29.3 Å². The maximum atomic E-state index is 12.8. The van der Waals surface area contributed by atoms with Crippen LogP contribution in [-0.4, -0.2) is 16.1 Å². The molecule has 0 radical (unpaired) electrons. The smallest absolute Gasteiger partial charge is 0.399 e. The molecule has 2 aromatic rings. The number of aryl methyl sites for hydroxylation is 1. The SMILES string of the molecule is Cc1ccc(C2CCNc3nc(C(F)(F)F)cn32)cc1N. The molecule has 1 aliphatic rings. The number of alkyl halides is 3. The van der Waals surface area contributed by atoms with Gasteiger partial charge < -0.3 is 15.6 Å². The standard InChI is InChI=1S/C14H15F3N4/c1-8-2-3-9(6-10(8)18)11-4-5-19-13-20-12(7-21(11)13)14(15,16)17/h2-3,6-7,11H,4-5,18H2,1H3,(H,19,20). The number of halogens is 3. The van der Waals surface area contributed by atoms with Crippen LogP contribution in [0.15, 0.2) is 24.4 Å². The van der Waals surface area contributed by atoms with Gasteiger partial charge in [-0.15, -0.1) is 0 Å². The van der Waals surface area contributed by atoms with E-state index in [-0.39, 0.29) is 12.0 Å². The normalized spacial score (nSPS) is 18.2. The number of nitrogens with zero attached hydrogens (tertiary/aromatic N) is 2. The fraction of sp³-hybridized carbons (Fsp3) is 0.357. The topological polar surface area (TPSA) is 55.9 Å². The second-order valence-electron chi connectivity index (χ2n) is 5.20. The van der Waals surface area contributed by atoms with E-state index in [1.807, 2.05) is 25.1 Å². The van der Waals surface area contributed by atoms with Gasteiger partial charge in [0.15, 0.2) is 5.69 Å². The maximum absolute atomic E-state index is 12.8. The average Bonchev–Trinajstić information content (AvgIpc) is 2.86. The first-order valence-electron chi connectivity index (χ1n) is 6.62. The number of imidazole rings is 1. The molecular weight excluding hydrogens is 281 g/mol. The third-order valence-electron chi connectivity index (χ3n) is 3.75. The Kier molecular flexibility index (Phi) is 3.07. The van der Waals surface area contributed by atoms with Gasteiger partial charge in [-0.05, 0) is 30.5 Å². The van der Waals surface area contributed by atoms with E-state index >= 15 is 0 Å². The minimum atomic E-state index is -4.44. The van der Waals surface area contributed by atoms with E-state index in [9.17, 15) is 13.2 Å². The van der Waals surface area contributed by atoms with Crippen LogP contribution in [0.3, 0.4) is 0 Å². The van der Waals surface area contributed by atoms with Gasteiger partial charge in [0.05, 0.1) is 6.04 Å². The fourth-order valence-corrected chi connectivity index (χ4v) is 2.55. The zero-order valence-corrected chi connectivity index (χ0v) is 11.4. The van der Waals surface area contributed by atoms with Crippen molar-refractivity contribution >= 4 is 11.6 Å². The van der Waals surface area contributed by atoms with Gasteiger partial charge >= 0.3 is 6.18 Å². The Bertz CT molecular complexity index is 675. The first-order chi connectivity index (χ1) is 9.86. The zero-order valence-electron chi connectivity index (χ0n) is 11.4. The van der Waals surface area contributed by atoms with Gasteiger partial charge in [-0.25, -0.2) is 4.98 Å². The highest BCUT2D eigenvalue weighted by molar-refractivity contribution is 5.50. The highest BCUT2D eigenvalue weighted by Gasteiger charge is 2.36. The molecule has 3 rings (SSSR count). The molecule has 1 aromatic carbocycles. The number of hydrogen-bond acceptors (Lipinski definition) is 3. The number of rotatable bonds is 1. The Morgan fingerprint density at radius 3 is 2.81 bits per heavy atom. The van der Waals surface area contributed by atoms with Gasteiger partial charge in [0.25, 0.3) is 0 Å². The van der Waals surface area contributed by atoms with Crippen molar-refractivity contribution in [2.75, 3.05) is 17.6 Å². The van der Waals surface area contributed by atoms with E-state index in [1.54, 1.807) is 0 Å². The molecule has 1 unspecified atom stereocenters. The summed E-state index contributed by atoms with van der Waals surface area (Å²) < 4.78 is 39.9. The molecule has 7 heteroatoms. The summed E-state index contributed by atoms with van der Waals surface area (Å²) in [5.74, 6) is 0.248. The Hall–Kier alpha value is -2.18. The molecule has 112 valence electrons. The first-order valence-corrected chi connectivity index (χ1v) is 6.62.